The molecule has 23 heavy (non-hydrogen) atoms. The maximum atomic E-state index is 12.9. The van der Waals surface area contributed by atoms with Crippen molar-refractivity contribution >= 4 is 5.91 Å². The van der Waals surface area contributed by atoms with Crippen molar-refractivity contribution in [2.24, 2.45) is 0 Å². The van der Waals surface area contributed by atoms with E-state index in [9.17, 15) is 4.79 Å². The minimum Gasteiger partial charge on any atom is -0.477 e. The summed E-state index contributed by atoms with van der Waals surface area (Å²) in [5, 5.41) is 6.39. The first-order chi connectivity index (χ1) is 11.1. The van der Waals surface area contributed by atoms with E-state index in [0.29, 0.717) is 19.4 Å². The Morgan fingerprint density at radius 3 is 2.52 bits per heavy atom. The quantitative estimate of drug-likeness (QED) is 0.807. The molecular formula is C18H28N2O3. The van der Waals surface area contributed by atoms with E-state index < -0.39 is 5.60 Å². The average molecular weight is 320 g/mol. The third-order valence-corrected chi connectivity index (χ3v) is 4.36. The van der Waals surface area contributed by atoms with Crippen LogP contribution in [-0.4, -0.2) is 44.4 Å². The standard InChI is InChI=1S/C18H28N2O3/c1-4-15(13-22-3)20-17(21)18(9-11-19-12-10-18)23-16-7-5-14(2)6-8-16/h5-8,15,19H,4,9-13H2,1-3H3,(H,20,21)/t15-/m1/s1. The number of hydrogen-bond acceptors (Lipinski definition) is 4. The lowest BCUT2D eigenvalue weighted by atomic mass is 9.90. The molecule has 0 spiro atoms. The lowest BCUT2D eigenvalue weighted by Gasteiger charge is -2.37. The molecule has 1 fully saturated rings. The van der Waals surface area contributed by atoms with Gasteiger partial charge in [0.1, 0.15) is 5.75 Å². The highest BCUT2D eigenvalue weighted by molar-refractivity contribution is 5.86. The van der Waals surface area contributed by atoms with Crippen LogP contribution in [0.1, 0.15) is 31.7 Å². The van der Waals surface area contributed by atoms with Gasteiger partial charge in [0.05, 0.1) is 12.6 Å². The van der Waals surface area contributed by atoms with Crippen LogP contribution in [0.3, 0.4) is 0 Å². The molecule has 0 bridgehead atoms. The van der Waals surface area contributed by atoms with Crippen molar-refractivity contribution in [3.63, 3.8) is 0 Å². The Labute approximate surface area is 138 Å². The van der Waals surface area contributed by atoms with Gasteiger partial charge in [0.15, 0.2) is 5.60 Å². The first kappa shape index (κ1) is 17.8. The van der Waals surface area contributed by atoms with Crippen molar-refractivity contribution in [2.45, 2.75) is 44.8 Å². The van der Waals surface area contributed by atoms with E-state index >= 15 is 0 Å². The second-order valence-electron chi connectivity index (χ2n) is 6.19. The third kappa shape index (κ3) is 4.69. The predicted octanol–water partition coefficient (Wildman–Crippen LogP) is 2.04. The number of methoxy groups -OCH3 is 1. The van der Waals surface area contributed by atoms with Crippen molar-refractivity contribution in [1.29, 1.82) is 0 Å². The zero-order valence-electron chi connectivity index (χ0n) is 14.4. The normalized spacial score (nSPS) is 18.2. The number of ether oxygens (including phenoxy) is 2. The fourth-order valence-electron chi connectivity index (χ4n) is 2.82. The Morgan fingerprint density at radius 2 is 1.96 bits per heavy atom. The fourth-order valence-corrected chi connectivity index (χ4v) is 2.82. The SMILES string of the molecule is CC[C@H](COC)NC(=O)C1(Oc2ccc(C)cc2)CCNCC1. The molecule has 0 aromatic heterocycles. The van der Waals surface area contributed by atoms with Gasteiger partial charge in [0.25, 0.3) is 5.91 Å². The maximum Gasteiger partial charge on any atom is 0.264 e. The molecule has 0 radical (unpaired) electrons. The summed E-state index contributed by atoms with van der Waals surface area (Å²) in [6.45, 7) is 6.15. The Kier molecular flexibility index (Phi) is 6.42. The van der Waals surface area contributed by atoms with Crippen molar-refractivity contribution in [3.05, 3.63) is 29.8 Å². The van der Waals surface area contributed by atoms with Gasteiger partial charge in [-0.2, -0.15) is 0 Å². The third-order valence-electron chi connectivity index (χ3n) is 4.36. The molecule has 1 aromatic rings. The number of nitrogens with one attached hydrogen (secondary N) is 2. The minimum absolute atomic E-state index is 0.0147. The summed E-state index contributed by atoms with van der Waals surface area (Å²) in [6, 6.07) is 7.88. The van der Waals surface area contributed by atoms with Crippen LogP contribution in [0.25, 0.3) is 0 Å². The van der Waals surface area contributed by atoms with Crippen molar-refractivity contribution in [2.75, 3.05) is 26.8 Å². The van der Waals surface area contributed by atoms with Gasteiger partial charge in [-0.15, -0.1) is 0 Å². The van der Waals surface area contributed by atoms with Crippen LogP contribution in [-0.2, 0) is 9.53 Å². The van der Waals surface area contributed by atoms with E-state index in [0.717, 1.165) is 25.3 Å². The molecule has 1 aliphatic heterocycles. The molecule has 0 unspecified atom stereocenters. The van der Waals surface area contributed by atoms with E-state index in [2.05, 4.69) is 10.6 Å². The summed E-state index contributed by atoms with van der Waals surface area (Å²) in [4.78, 5) is 12.9. The van der Waals surface area contributed by atoms with Gasteiger partial charge in [0.2, 0.25) is 0 Å². The molecule has 1 heterocycles. The molecule has 0 saturated carbocycles. The van der Waals surface area contributed by atoms with Crippen molar-refractivity contribution in [3.8, 4) is 5.75 Å². The van der Waals surface area contributed by atoms with Gasteiger partial charge in [0, 0.05) is 20.0 Å². The van der Waals surface area contributed by atoms with Gasteiger partial charge in [-0.1, -0.05) is 24.6 Å². The minimum atomic E-state index is -0.804. The highest BCUT2D eigenvalue weighted by Crippen LogP contribution is 2.27. The Bertz CT molecular complexity index is 495. The highest BCUT2D eigenvalue weighted by Gasteiger charge is 2.42. The van der Waals surface area contributed by atoms with E-state index in [4.69, 9.17) is 9.47 Å². The van der Waals surface area contributed by atoms with Gasteiger partial charge in [-0.25, -0.2) is 0 Å². The van der Waals surface area contributed by atoms with Crippen LogP contribution in [0.4, 0.5) is 0 Å². The molecule has 1 aromatic carbocycles. The topological polar surface area (TPSA) is 59.6 Å². The number of aryl methyl sites for hydroxylation is 1. The van der Waals surface area contributed by atoms with Gasteiger partial charge < -0.3 is 20.1 Å². The monoisotopic (exact) mass is 320 g/mol. The van der Waals surface area contributed by atoms with Gasteiger partial charge in [-0.3, -0.25) is 4.79 Å². The van der Waals surface area contributed by atoms with Crippen LogP contribution in [0.15, 0.2) is 24.3 Å². The molecule has 5 nitrogen and oxygen atoms in total. The number of benzene rings is 1. The zero-order chi connectivity index (χ0) is 16.7. The number of amides is 1. The molecule has 0 aliphatic carbocycles. The average Bonchev–Trinajstić information content (AvgIpc) is 2.57. The number of piperidine rings is 1. The van der Waals surface area contributed by atoms with E-state index in [-0.39, 0.29) is 11.9 Å². The Morgan fingerprint density at radius 1 is 1.30 bits per heavy atom. The predicted molar refractivity (Wildman–Crippen MR) is 90.7 cm³/mol. The smallest absolute Gasteiger partial charge is 0.264 e. The largest absolute Gasteiger partial charge is 0.477 e. The Balaban J connectivity index is 2.14. The number of rotatable bonds is 7. The molecule has 2 rings (SSSR count). The molecule has 5 heteroatoms. The summed E-state index contributed by atoms with van der Waals surface area (Å²) in [5.41, 5.74) is 0.370. The molecule has 1 saturated heterocycles. The summed E-state index contributed by atoms with van der Waals surface area (Å²) < 4.78 is 11.4. The molecule has 1 atom stereocenters. The summed E-state index contributed by atoms with van der Waals surface area (Å²) in [5.74, 6) is 0.705. The van der Waals surface area contributed by atoms with Crippen molar-refractivity contribution in [1.82, 2.24) is 10.6 Å². The summed E-state index contributed by atoms with van der Waals surface area (Å²) in [6.07, 6.45) is 2.16. The Hall–Kier alpha value is -1.59. The second-order valence-corrected chi connectivity index (χ2v) is 6.19. The lowest BCUT2D eigenvalue weighted by Crippen LogP contribution is -2.58. The molecule has 1 amide bonds. The van der Waals surface area contributed by atoms with E-state index in [1.807, 2.05) is 38.1 Å². The van der Waals surface area contributed by atoms with Gasteiger partial charge in [-0.05, 0) is 38.6 Å². The van der Waals surface area contributed by atoms with Crippen LogP contribution in [0, 0.1) is 6.92 Å². The number of carbonyl (C=O) groups excluding carboxylic acids is 1. The van der Waals surface area contributed by atoms with Crippen LogP contribution in [0.2, 0.25) is 0 Å². The lowest BCUT2D eigenvalue weighted by molar-refractivity contribution is -0.140. The molecule has 1 aliphatic rings. The van der Waals surface area contributed by atoms with Crippen LogP contribution in [0.5, 0.6) is 5.75 Å². The van der Waals surface area contributed by atoms with E-state index in [1.165, 1.54) is 5.56 Å². The maximum absolute atomic E-state index is 12.9. The van der Waals surface area contributed by atoms with Crippen molar-refractivity contribution < 1.29 is 14.3 Å². The first-order valence-electron chi connectivity index (χ1n) is 8.36. The van der Waals surface area contributed by atoms with E-state index in [1.54, 1.807) is 7.11 Å². The first-order valence-corrected chi connectivity index (χ1v) is 8.36. The zero-order valence-corrected chi connectivity index (χ0v) is 14.4. The summed E-state index contributed by atoms with van der Waals surface area (Å²) >= 11 is 0. The molecule has 2 N–H and O–H groups in total. The van der Waals surface area contributed by atoms with Gasteiger partial charge >= 0.3 is 0 Å². The van der Waals surface area contributed by atoms with Crippen LogP contribution >= 0.6 is 0 Å². The highest BCUT2D eigenvalue weighted by atomic mass is 16.5. The molecular weight excluding hydrogens is 292 g/mol. The fraction of sp³-hybridized carbons (Fsp3) is 0.611. The number of carbonyl (C=O) groups is 1. The van der Waals surface area contributed by atoms with Crippen LogP contribution < -0.4 is 15.4 Å². The second kappa shape index (κ2) is 8.31. The number of hydrogen-bond donors (Lipinski definition) is 2. The summed E-state index contributed by atoms with van der Waals surface area (Å²) in [7, 11) is 1.65. The molecule has 128 valence electrons.